The molecule has 6 aromatic rings. The van der Waals surface area contributed by atoms with Gasteiger partial charge in [-0.1, -0.05) is 78.7 Å². The molecule has 0 amide bonds. The van der Waals surface area contributed by atoms with Gasteiger partial charge in [-0.15, -0.1) is 9.24 Å². The van der Waals surface area contributed by atoms with E-state index in [1.165, 1.54) is 112 Å². The van der Waals surface area contributed by atoms with Gasteiger partial charge < -0.3 is 4.57 Å². The van der Waals surface area contributed by atoms with Crippen molar-refractivity contribution in [2.45, 2.75) is 83.0 Å². The average molecular weight is 630 g/mol. The van der Waals surface area contributed by atoms with E-state index in [4.69, 9.17) is 0 Å². The van der Waals surface area contributed by atoms with Gasteiger partial charge in [-0.25, -0.2) is 0 Å². The zero-order valence-corrected chi connectivity index (χ0v) is 28.9. The van der Waals surface area contributed by atoms with E-state index in [1.807, 2.05) is 0 Å². The summed E-state index contributed by atoms with van der Waals surface area (Å²) in [5, 5.41) is 4.06. The third kappa shape index (κ3) is 4.85. The summed E-state index contributed by atoms with van der Waals surface area (Å²) in [7, 11) is 3.00. The summed E-state index contributed by atoms with van der Waals surface area (Å²) in [5.41, 5.74) is 17.2. The summed E-state index contributed by atoms with van der Waals surface area (Å²) in [6.45, 7) is 4.55. The van der Waals surface area contributed by atoms with Crippen molar-refractivity contribution in [3.8, 4) is 5.69 Å². The Hall–Kier alpha value is -3.93. The number of allylic oxidation sites excluding steroid dienone is 1. The lowest BCUT2D eigenvalue weighted by Crippen LogP contribution is -2.25. The minimum atomic E-state index is 0.602. The van der Waals surface area contributed by atoms with E-state index < -0.39 is 0 Å². The van der Waals surface area contributed by atoms with Gasteiger partial charge in [0.2, 0.25) is 0 Å². The Bertz CT molecular complexity index is 2170. The van der Waals surface area contributed by atoms with E-state index in [1.54, 1.807) is 22.3 Å². The topological polar surface area (TPSA) is 4.93 Å². The molecule has 3 aliphatic carbocycles. The number of hydrogen-bond donors (Lipinski definition) is 0. The molecule has 0 radical (unpaired) electrons. The molecule has 3 unspecified atom stereocenters. The first-order chi connectivity index (χ1) is 23.0. The molecular weight excluding hydrogens is 585 g/mol. The Kier molecular flexibility index (Phi) is 7.24. The van der Waals surface area contributed by atoms with Crippen LogP contribution >= 0.6 is 9.24 Å². The van der Waals surface area contributed by atoms with Crippen LogP contribution in [-0.4, -0.2) is 4.57 Å². The number of benzene rings is 5. The molecule has 0 saturated heterocycles. The van der Waals surface area contributed by atoms with E-state index >= 15 is 0 Å². The van der Waals surface area contributed by atoms with Crippen molar-refractivity contribution in [3.63, 3.8) is 0 Å². The number of aromatic nitrogens is 1. The highest BCUT2D eigenvalue weighted by Gasteiger charge is 2.37. The van der Waals surface area contributed by atoms with Crippen LogP contribution in [0.1, 0.15) is 108 Å². The maximum absolute atomic E-state index is 3.00. The van der Waals surface area contributed by atoms with Crippen LogP contribution in [0, 0.1) is 13.8 Å². The zero-order valence-electron chi connectivity index (χ0n) is 27.7. The highest BCUT2D eigenvalue weighted by Crippen LogP contribution is 2.54. The van der Waals surface area contributed by atoms with E-state index in [0.717, 1.165) is 0 Å². The van der Waals surface area contributed by atoms with Crippen molar-refractivity contribution >= 4 is 41.9 Å². The monoisotopic (exact) mass is 629 g/mol. The lowest BCUT2D eigenvalue weighted by atomic mass is 9.63. The first-order valence-corrected chi connectivity index (χ1v) is 18.4. The standard InChI is InChI=1S/C45H44NP/c1-28-10-6-7-17-35(28)36-22-23-37(36)39-25-40-41-27-44(47)29(2)24-42(41)46(43(40)26-38(39)30-13-8-14-30)34-20-18-33(19-21-34)45(32-15-9-16-32)31-11-4-3-5-12-31/h3-7,10-12,17-21,24-27,30,36-37H,8-9,13-16,22-23,47H2,1-2H3. The largest absolute Gasteiger partial charge is 0.309 e. The zero-order chi connectivity index (χ0) is 31.6. The molecule has 2 heteroatoms. The van der Waals surface area contributed by atoms with Gasteiger partial charge in [0.15, 0.2) is 0 Å². The lowest BCUT2D eigenvalue weighted by molar-refractivity contribution is 0.336. The highest BCUT2D eigenvalue weighted by molar-refractivity contribution is 7.27. The lowest BCUT2D eigenvalue weighted by Gasteiger charge is -2.41. The van der Waals surface area contributed by atoms with Gasteiger partial charge in [0.05, 0.1) is 11.0 Å². The number of aryl methyl sites for hydroxylation is 2. The van der Waals surface area contributed by atoms with Crippen LogP contribution in [0.15, 0.2) is 109 Å². The fourth-order valence-electron chi connectivity index (χ4n) is 8.74. The second kappa shape index (κ2) is 11.6. The van der Waals surface area contributed by atoms with Crippen LogP contribution < -0.4 is 5.30 Å². The molecule has 9 rings (SSSR count). The minimum absolute atomic E-state index is 0.602. The Morgan fingerprint density at radius 1 is 0.596 bits per heavy atom. The first kappa shape index (κ1) is 29.2. The van der Waals surface area contributed by atoms with Gasteiger partial charge in [0, 0.05) is 16.5 Å². The van der Waals surface area contributed by atoms with Crippen molar-refractivity contribution in [2.24, 2.45) is 0 Å². The summed E-state index contributed by atoms with van der Waals surface area (Å²) in [5.74, 6) is 1.91. The van der Waals surface area contributed by atoms with Crippen molar-refractivity contribution in [2.75, 3.05) is 0 Å². The van der Waals surface area contributed by atoms with E-state index in [2.05, 4.69) is 131 Å². The van der Waals surface area contributed by atoms with Gasteiger partial charge in [-0.3, -0.25) is 0 Å². The van der Waals surface area contributed by atoms with E-state index in [9.17, 15) is 0 Å². The van der Waals surface area contributed by atoms with Crippen molar-refractivity contribution in [3.05, 3.63) is 148 Å². The number of nitrogens with zero attached hydrogens (tertiary/aromatic N) is 1. The Morgan fingerprint density at radius 3 is 1.91 bits per heavy atom. The molecule has 0 N–H and O–H groups in total. The van der Waals surface area contributed by atoms with Crippen LogP contribution in [0.4, 0.5) is 0 Å². The summed E-state index contributed by atoms with van der Waals surface area (Å²) in [6, 6.07) is 39.7. The molecule has 1 heterocycles. The van der Waals surface area contributed by atoms with Crippen LogP contribution in [0.25, 0.3) is 33.1 Å². The van der Waals surface area contributed by atoms with Crippen LogP contribution in [0.5, 0.6) is 0 Å². The molecule has 3 atom stereocenters. The third-order valence-electron chi connectivity index (χ3n) is 12.0. The molecule has 3 aliphatic rings. The molecule has 3 fully saturated rings. The Morgan fingerprint density at radius 2 is 1.26 bits per heavy atom. The molecule has 0 aliphatic heterocycles. The van der Waals surface area contributed by atoms with Crippen LogP contribution in [0.2, 0.25) is 0 Å². The van der Waals surface area contributed by atoms with Gasteiger partial charge >= 0.3 is 0 Å². The van der Waals surface area contributed by atoms with Crippen LogP contribution in [-0.2, 0) is 0 Å². The number of hydrogen-bond acceptors (Lipinski definition) is 0. The average Bonchev–Trinajstić information content (AvgIpc) is 3.31. The predicted molar refractivity (Wildman–Crippen MR) is 204 cm³/mol. The fraction of sp³-hybridized carbons (Fsp3) is 0.289. The second-order valence-corrected chi connectivity index (χ2v) is 15.2. The quantitative estimate of drug-likeness (QED) is 0.162. The molecule has 3 saturated carbocycles. The summed E-state index contributed by atoms with van der Waals surface area (Å²) in [4.78, 5) is 0. The van der Waals surface area contributed by atoms with Gasteiger partial charge in [0.1, 0.15) is 0 Å². The highest BCUT2D eigenvalue weighted by atomic mass is 31.0. The Labute approximate surface area is 281 Å². The summed E-state index contributed by atoms with van der Waals surface area (Å²) >= 11 is 0. The van der Waals surface area contributed by atoms with Gasteiger partial charge in [0.25, 0.3) is 0 Å². The Balaban J connectivity index is 1.22. The maximum Gasteiger partial charge on any atom is 0.0544 e. The first-order valence-electron chi connectivity index (χ1n) is 17.9. The molecule has 1 aromatic heterocycles. The minimum Gasteiger partial charge on any atom is -0.309 e. The van der Waals surface area contributed by atoms with Gasteiger partial charge in [-0.05, 0) is 163 Å². The second-order valence-electron chi connectivity index (χ2n) is 14.6. The molecule has 5 aromatic carbocycles. The normalized spacial score (nSPS) is 19.4. The van der Waals surface area contributed by atoms with Crippen molar-refractivity contribution in [1.82, 2.24) is 4.57 Å². The number of fused-ring (bicyclic) bond motifs is 3. The third-order valence-corrected chi connectivity index (χ3v) is 12.6. The molecular formula is C45H44NP. The fourth-order valence-corrected chi connectivity index (χ4v) is 8.99. The van der Waals surface area contributed by atoms with E-state index in [0.29, 0.717) is 17.8 Å². The molecule has 0 bridgehead atoms. The smallest absolute Gasteiger partial charge is 0.0544 e. The van der Waals surface area contributed by atoms with E-state index in [-0.39, 0.29) is 0 Å². The summed E-state index contributed by atoms with van der Waals surface area (Å²) < 4.78 is 2.57. The number of rotatable bonds is 6. The molecule has 1 nitrogen and oxygen atoms in total. The van der Waals surface area contributed by atoms with Crippen LogP contribution in [0.3, 0.4) is 0 Å². The molecule has 234 valence electrons. The summed E-state index contributed by atoms with van der Waals surface area (Å²) in [6.07, 6.45) is 10.3. The maximum atomic E-state index is 3.00. The SMILES string of the molecule is Cc1cc2c(cc1P)c1cc(C3CCC3c3ccccc3C)c(C3CCC3)cc1n2-c1ccc(C(=C2CCC2)c2ccccc2)cc1. The van der Waals surface area contributed by atoms with Crippen molar-refractivity contribution in [1.29, 1.82) is 0 Å². The van der Waals surface area contributed by atoms with Crippen molar-refractivity contribution < 1.29 is 0 Å². The molecule has 0 spiro atoms. The predicted octanol–water partition coefficient (Wildman–Crippen LogP) is 11.8. The van der Waals surface area contributed by atoms with Gasteiger partial charge in [-0.2, -0.15) is 0 Å². The molecule has 47 heavy (non-hydrogen) atoms.